The van der Waals surface area contributed by atoms with E-state index in [0.717, 1.165) is 10.6 Å². The van der Waals surface area contributed by atoms with E-state index in [4.69, 9.17) is 0 Å². The number of carbonyl (C=O) groups excluding carboxylic acids is 2. The molecule has 0 aliphatic carbocycles. The zero-order valence-electron chi connectivity index (χ0n) is 16.7. The number of rotatable bonds is 8. The van der Waals surface area contributed by atoms with Gasteiger partial charge in [-0.15, -0.1) is 29.7 Å². The minimum absolute atomic E-state index is 0.131. The fraction of sp³-hybridized carbons (Fsp3) is 0.0870. The molecule has 0 aliphatic rings. The number of thiazole rings is 1. The van der Waals surface area contributed by atoms with E-state index in [0.29, 0.717) is 16.5 Å². The van der Waals surface area contributed by atoms with Crippen LogP contribution in [0, 0.1) is 5.82 Å². The minimum atomic E-state index is -0.516. The topological polar surface area (TPSA) is 62.3 Å². The Morgan fingerprint density at radius 1 is 1.23 bits per heavy atom. The van der Waals surface area contributed by atoms with Gasteiger partial charge < -0.3 is 5.32 Å². The van der Waals surface area contributed by atoms with Gasteiger partial charge in [0.15, 0.2) is 5.13 Å². The Kier molecular flexibility index (Phi) is 7.75. The van der Waals surface area contributed by atoms with Gasteiger partial charge in [-0.2, -0.15) is 0 Å². The number of aromatic nitrogens is 1. The molecule has 0 bridgehead atoms. The van der Waals surface area contributed by atoms with Gasteiger partial charge in [-0.05, 0) is 30.3 Å². The van der Waals surface area contributed by atoms with Crippen molar-refractivity contribution in [3.8, 4) is 0 Å². The smallest absolute Gasteiger partial charge is 0.248 e. The highest BCUT2D eigenvalue weighted by Gasteiger charge is 2.20. The number of para-hydroxylation sites is 2. The van der Waals surface area contributed by atoms with Crippen LogP contribution in [0.4, 0.5) is 20.9 Å². The predicted octanol–water partition coefficient (Wildman–Crippen LogP) is 5.90. The summed E-state index contributed by atoms with van der Waals surface area (Å²) < 4.78 is 14.2. The lowest BCUT2D eigenvalue weighted by Crippen LogP contribution is -2.23. The second kappa shape index (κ2) is 10.7. The number of carbonyl (C=O) groups is 2. The summed E-state index contributed by atoms with van der Waals surface area (Å²) in [7, 11) is 0. The first-order valence-electron chi connectivity index (χ1n) is 9.32. The van der Waals surface area contributed by atoms with Crippen molar-refractivity contribution in [2.24, 2.45) is 0 Å². The van der Waals surface area contributed by atoms with Crippen molar-refractivity contribution < 1.29 is 14.0 Å². The highest BCUT2D eigenvalue weighted by Crippen LogP contribution is 2.31. The van der Waals surface area contributed by atoms with Crippen LogP contribution < -0.4 is 10.2 Å². The SMILES string of the molecule is C=CCSc1ccccc1NC(=O)/C=C/c1csc(N(C(C)=O)c2ccccc2F)n1. The highest BCUT2D eigenvalue weighted by atomic mass is 32.2. The van der Waals surface area contributed by atoms with Crippen LogP contribution in [0.3, 0.4) is 0 Å². The largest absolute Gasteiger partial charge is 0.321 e. The summed E-state index contributed by atoms with van der Waals surface area (Å²) in [6.07, 6.45) is 4.72. The molecule has 0 radical (unpaired) electrons. The molecule has 1 N–H and O–H groups in total. The lowest BCUT2D eigenvalue weighted by Gasteiger charge is -2.18. The van der Waals surface area contributed by atoms with Gasteiger partial charge in [-0.1, -0.05) is 30.3 Å². The number of hydrogen-bond acceptors (Lipinski definition) is 5. The fourth-order valence-corrected chi connectivity index (χ4v) is 4.27. The molecule has 8 heteroatoms. The Morgan fingerprint density at radius 2 is 1.97 bits per heavy atom. The summed E-state index contributed by atoms with van der Waals surface area (Å²) in [5.74, 6) is -0.448. The number of thioether (sulfide) groups is 1. The molecule has 1 aromatic heterocycles. The zero-order valence-corrected chi connectivity index (χ0v) is 18.4. The fourth-order valence-electron chi connectivity index (χ4n) is 2.68. The number of anilines is 3. The number of benzene rings is 2. The monoisotopic (exact) mass is 453 g/mol. The predicted molar refractivity (Wildman–Crippen MR) is 126 cm³/mol. The first kappa shape index (κ1) is 22.5. The molecule has 0 aliphatic heterocycles. The third-order valence-corrected chi connectivity index (χ3v) is 5.93. The third kappa shape index (κ3) is 5.90. The molecule has 0 fully saturated rings. The van der Waals surface area contributed by atoms with E-state index in [1.807, 2.05) is 24.3 Å². The zero-order chi connectivity index (χ0) is 22.2. The van der Waals surface area contributed by atoms with Gasteiger partial charge >= 0.3 is 0 Å². The van der Waals surface area contributed by atoms with Gasteiger partial charge in [0.05, 0.1) is 17.1 Å². The summed E-state index contributed by atoms with van der Waals surface area (Å²) in [6.45, 7) is 5.05. The summed E-state index contributed by atoms with van der Waals surface area (Å²) in [4.78, 5) is 31.0. The van der Waals surface area contributed by atoms with Crippen LogP contribution in [0.15, 0.2) is 77.5 Å². The molecule has 0 atom stereocenters. The Hall–Kier alpha value is -3.23. The first-order valence-corrected chi connectivity index (χ1v) is 11.2. The molecule has 3 aromatic rings. The number of hydrogen-bond donors (Lipinski definition) is 1. The third-order valence-electron chi connectivity index (χ3n) is 4.02. The van der Waals surface area contributed by atoms with Crippen LogP contribution in [-0.2, 0) is 9.59 Å². The van der Waals surface area contributed by atoms with Crippen molar-refractivity contribution in [1.29, 1.82) is 0 Å². The van der Waals surface area contributed by atoms with Crippen molar-refractivity contribution in [1.82, 2.24) is 4.98 Å². The molecule has 1 heterocycles. The van der Waals surface area contributed by atoms with E-state index in [1.165, 1.54) is 41.4 Å². The van der Waals surface area contributed by atoms with Crippen LogP contribution in [0.5, 0.6) is 0 Å². The standard InChI is InChI=1S/C23H20FN3O2S2/c1-3-14-30-21-11-7-5-9-19(21)26-22(29)13-12-17-15-31-23(25-17)27(16(2)28)20-10-6-4-8-18(20)24/h3-13,15H,1,14H2,2H3,(H,26,29)/b13-12+. The van der Waals surface area contributed by atoms with Crippen molar-refractivity contribution >= 4 is 57.5 Å². The molecule has 5 nitrogen and oxygen atoms in total. The number of halogens is 1. The Labute approximate surface area is 188 Å². The number of nitrogens with one attached hydrogen (secondary N) is 1. The number of amides is 2. The summed E-state index contributed by atoms with van der Waals surface area (Å²) >= 11 is 2.76. The summed E-state index contributed by atoms with van der Waals surface area (Å²) in [6, 6.07) is 13.5. The average molecular weight is 454 g/mol. The molecule has 0 spiro atoms. The van der Waals surface area contributed by atoms with Crippen LogP contribution >= 0.6 is 23.1 Å². The molecule has 31 heavy (non-hydrogen) atoms. The van der Waals surface area contributed by atoms with Gasteiger partial charge in [0.25, 0.3) is 0 Å². The molecule has 2 amide bonds. The molecule has 0 saturated heterocycles. The lowest BCUT2D eigenvalue weighted by atomic mass is 10.3. The van der Waals surface area contributed by atoms with Crippen LogP contribution in [-0.4, -0.2) is 22.6 Å². The maximum absolute atomic E-state index is 14.2. The molecule has 0 unspecified atom stereocenters. The Balaban J connectivity index is 1.73. The molecular formula is C23H20FN3O2S2. The number of nitrogens with zero attached hydrogens (tertiary/aromatic N) is 2. The van der Waals surface area contributed by atoms with Crippen molar-refractivity contribution in [2.45, 2.75) is 11.8 Å². The Bertz CT molecular complexity index is 1130. The summed E-state index contributed by atoms with van der Waals surface area (Å²) in [5.41, 5.74) is 1.34. The normalized spacial score (nSPS) is 10.8. The minimum Gasteiger partial charge on any atom is -0.321 e. The molecular weight excluding hydrogens is 433 g/mol. The first-order chi connectivity index (χ1) is 15.0. The van der Waals surface area contributed by atoms with Crippen LogP contribution in [0.1, 0.15) is 12.6 Å². The second-order valence-corrected chi connectivity index (χ2v) is 8.18. The quantitative estimate of drug-likeness (QED) is 0.262. The van der Waals surface area contributed by atoms with E-state index < -0.39 is 5.82 Å². The van der Waals surface area contributed by atoms with Crippen molar-refractivity contribution in [3.63, 3.8) is 0 Å². The van der Waals surface area contributed by atoms with Crippen molar-refractivity contribution in [2.75, 3.05) is 16.0 Å². The molecule has 0 saturated carbocycles. The van der Waals surface area contributed by atoms with Crippen LogP contribution in [0.2, 0.25) is 0 Å². The summed E-state index contributed by atoms with van der Waals surface area (Å²) in [5, 5.41) is 4.87. The van der Waals surface area contributed by atoms with E-state index in [-0.39, 0.29) is 17.5 Å². The van der Waals surface area contributed by atoms with Gasteiger partial charge in [0.2, 0.25) is 11.8 Å². The highest BCUT2D eigenvalue weighted by molar-refractivity contribution is 7.99. The molecule has 3 rings (SSSR count). The van der Waals surface area contributed by atoms with Crippen molar-refractivity contribution in [3.05, 3.63) is 84.2 Å². The maximum Gasteiger partial charge on any atom is 0.248 e. The van der Waals surface area contributed by atoms with Gasteiger partial charge in [0.1, 0.15) is 5.82 Å². The van der Waals surface area contributed by atoms with E-state index in [2.05, 4.69) is 16.9 Å². The Morgan fingerprint density at radius 3 is 2.71 bits per heavy atom. The van der Waals surface area contributed by atoms with Gasteiger partial charge in [0, 0.05) is 29.0 Å². The van der Waals surface area contributed by atoms with Gasteiger partial charge in [-0.3, -0.25) is 14.5 Å². The van der Waals surface area contributed by atoms with E-state index in [9.17, 15) is 14.0 Å². The average Bonchev–Trinajstić information content (AvgIpc) is 3.21. The lowest BCUT2D eigenvalue weighted by molar-refractivity contribution is -0.116. The molecule has 2 aromatic carbocycles. The maximum atomic E-state index is 14.2. The van der Waals surface area contributed by atoms with Crippen LogP contribution in [0.25, 0.3) is 6.08 Å². The second-order valence-electron chi connectivity index (χ2n) is 6.28. The van der Waals surface area contributed by atoms with E-state index >= 15 is 0 Å². The van der Waals surface area contributed by atoms with Gasteiger partial charge in [-0.25, -0.2) is 9.37 Å². The molecule has 158 valence electrons. The van der Waals surface area contributed by atoms with E-state index in [1.54, 1.807) is 41.4 Å².